The van der Waals surface area contributed by atoms with Gasteiger partial charge < -0.3 is 20.9 Å². The maximum atomic E-state index is 12.8. The van der Waals surface area contributed by atoms with Crippen LogP contribution < -0.4 is 15.8 Å². The van der Waals surface area contributed by atoms with E-state index in [1.54, 1.807) is 6.07 Å². The van der Waals surface area contributed by atoms with E-state index in [-0.39, 0.29) is 24.3 Å². The van der Waals surface area contributed by atoms with Gasteiger partial charge in [-0.2, -0.15) is 0 Å². The molecule has 0 bridgehead atoms. The molecule has 27 heavy (non-hydrogen) atoms. The van der Waals surface area contributed by atoms with Crippen LogP contribution in [0.2, 0.25) is 0 Å². The molecule has 6 heteroatoms. The van der Waals surface area contributed by atoms with Crippen molar-refractivity contribution in [3.63, 3.8) is 0 Å². The number of carbonyl (C=O) groups is 2. The third-order valence-corrected chi connectivity index (χ3v) is 5.46. The van der Waals surface area contributed by atoms with E-state index in [0.717, 1.165) is 18.4 Å². The first-order valence-corrected chi connectivity index (χ1v) is 9.73. The van der Waals surface area contributed by atoms with Gasteiger partial charge in [0, 0.05) is 6.54 Å². The molecule has 0 spiro atoms. The number of aliphatic hydroxyl groups is 1. The molecule has 1 aromatic carbocycles. The van der Waals surface area contributed by atoms with Crippen LogP contribution in [0.1, 0.15) is 45.6 Å². The Hall–Kier alpha value is -2.08. The number of carbonyl (C=O) groups excluding carboxylic acids is 2. The molecule has 6 nitrogen and oxygen atoms in total. The van der Waals surface area contributed by atoms with Crippen LogP contribution in [0.3, 0.4) is 0 Å². The average molecular weight is 376 g/mol. The van der Waals surface area contributed by atoms with Crippen LogP contribution in [0.5, 0.6) is 5.75 Å². The number of ether oxygens (including phenoxy) is 1. The van der Waals surface area contributed by atoms with Crippen molar-refractivity contribution in [1.29, 1.82) is 0 Å². The zero-order chi connectivity index (χ0) is 20.0. The topological polar surface area (TPSA) is 102 Å². The summed E-state index contributed by atoms with van der Waals surface area (Å²) in [4.78, 5) is 23.7. The van der Waals surface area contributed by atoms with Gasteiger partial charge in [0.15, 0.2) is 6.61 Å². The predicted molar refractivity (Wildman–Crippen MR) is 104 cm³/mol. The average Bonchev–Trinajstić information content (AvgIpc) is 2.60. The number of amides is 2. The van der Waals surface area contributed by atoms with Crippen molar-refractivity contribution in [2.24, 2.45) is 23.5 Å². The molecule has 0 radical (unpaired) electrons. The highest BCUT2D eigenvalue weighted by Gasteiger charge is 2.48. The molecule has 0 heterocycles. The molecular formula is C21H32N2O4. The number of nitrogens with two attached hydrogens (primary N) is 1. The second kappa shape index (κ2) is 9.22. The summed E-state index contributed by atoms with van der Waals surface area (Å²) in [6, 6.07) is 7.35. The molecule has 0 saturated heterocycles. The molecule has 2 amide bonds. The lowest BCUT2D eigenvalue weighted by Crippen LogP contribution is -2.56. The second-order valence-electron chi connectivity index (χ2n) is 8.03. The van der Waals surface area contributed by atoms with E-state index in [1.165, 1.54) is 0 Å². The van der Waals surface area contributed by atoms with Gasteiger partial charge >= 0.3 is 0 Å². The van der Waals surface area contributed by atoms with E-state index in [0.29, 0.717) is 31.1 Å². The van der Waals surface area contributed by atoms with Crippen LogP contribution in [0.15, 0.2) is 24.3 Å². The minimum atomic E-state index is -1.31. The minimum Gasteiger partial charge on any atom is -0.484 e. The van der Waals surface area contributed by atoms with Crippen molar-refractivity contribution >= 4 is 11.8 Å². The highest BCUT2D eigenvalue weighted by molar-refractivity contribution is 5.85. The molecule has 1 aliphatic carbocycles. The summed E-state index contributed by atoms with van der Waals surface area (Å²) < 4.78 is 5.42. The Morgan fingerprint density at radius 1 is 1.33 bits per heavy atom. The van der Waals surface area contributed by atoms with Crippen molar-refractivity contribution < 1.29 is 19.4 Å². The molecule has 0 aliphatic heterocycles. The molecular weight excluding hydrogens is 344 g/mol. The summed E-state index contributed by atoms with van der Waals surface area (Å²) >= 11 is 0. The minimum absolute atomic E-state index is 0.0279. The SMILES string of the molecule is CC1CCC(C(C)C)[C@@](O)(C(=O)NCCc2ccccc2OCC(N)=O)C1. The number of rotatable bonds is 8. The lowest BCUT2D eigenvalue weighted by Gasteiger charge is -2.43. The Kier molecular flexibility index (Phi) is 7.25. The molecule has 3 atom stereocenters. The summed E-state index contributed by atoms with van der Waals surface area (Å²) in [7, 11) is 0. The first-order chi connectivity index (χ1) is 12.7. The lowest BCUT2D eigenvalue weighted by atomic mass is 9.66. The van der Waals surface area contributed by atoms with E-state index < -0.39 is 11.5 Å². The van der Waals surface area contributed by atoms with Crippen molar-refractivity contribution in [3.05, 3.63) is 29.8 Å². The number of hydrogen-bond acceptors (Lipinski definition) is 4. The summed E-state index contributed by atoms with van der Waals surface area (Å²) in [5, 5.41) is 14.1. The summed E-state index contributed by atoms with van der Waals surface area (Å²) in [6.07, 6.45) is 2.95. The number of para-hydroxylation sites is 1. The van der Waals surface area contributed by atoms with Gasteiger partial charge in [0.1, 0.15) is 11.4 Å². The van der Waals surface area contributed by atoms with Crippen molar-refractivity contribution in [1.82, 2.24) is 5.32 Å². The fourth-order valence-corrected chi connectivity index (χ4v) is 4.10. The van der Waals surface area contributed by atoms with Gasteiger partial charge in [-0.1, -0.05) is 45.4 Å². The highest BCUT2D eigenvalue weighted by atomic mass is 16.5. The normalized spacial score (nSPS) is 25.2. The zero-order valence-corrected chi connectivity index (χ0v) is 16.5. The standard InChI is InChI=1S/C21H32N2O4/c1-14(2)17-9-8-15(3)12-21(17,26)20(25)23-11-10-16-6-4-5-7-18(16)27-13-19(22)24/h4-7,14-15,17,26H,8-13H2,1-3H3,(H2,22,24)(H,23,25)/t15?,17?,21-/m1/s1. The number of nitrogens with one attached hydrogen (secondary N) is 1. The van der Waals surface area contributed by atoms with Crippen molar-refractivity contribution in [2.75, 3.05) is 13.2 Å². The highest BCUT2D eigenvalue weighted by Crippen LogP contribution is 2.41. The molecule has 150 valence electrons. The Labute approximate surface area is 161 Å². The van der Waals surface area contributed by atoms with E-state index in [4.69, 9.17) is 10.5 Å². The van der Waals surface area contributed by atoms with Gasteiger partial charge in [-0.15, -0.1) is 0 Å². The Morgan fingerprint density at radius 2 is 2.04 bits per heavy atom. The third-order valence-electron chi connectivity index (χ3n) is 5.46. The van der Waals surface area contributed by atoms with E-state index in [1.807, 2.05) is 18.2 Å². The quantitative estimate of drug-likeness (QED) is 0.646. The van der Waals surface area contributed by atoms with Gasteiger partial charge in [0.05, 0.1) is 0 Å². The Morgan fingerprint density at radius 3 is 2.70 bits per heavy atom. The monoisotopic (exact) mass is 376 g/mol. The summed E-state index contributed by atoms with van der Waals surface area (Å²) in [5.41, 5.74) is 4.69. The maximum absolute atomic E-state index is 12.8. The summed E-state index contributed by atoms with van der Waals surface area (Å²) in [5.74, 6) is 0.306. The van der Waals surface area contributed by atoms with Gasteiger partial charge in [-0.3, -0.25) is 9.59 Å². The third kappa shape index (κ3) is 5.45. The fourth-order valence-electron chi connectivity index (χ4n) is 4.10. The van der Waals surface area contributed by atoms with E-state index in [2.05, 4.69) is 26.1 Å². The first kappa shape index (κ1) is 21.2. The summed E-state index contributed by atoms with van der Waals surface area (Å²) in [6.45, 7) is 6.41. The molecule has 4 N–H and O–H groups in total. The molecule has 1 fully saturated rings. The Bertz CT molecular complexity index is 661. The molecule has 1 saturated carbocycles. The van der Waals surface area contributed by atoms with Crippen LogP contribution in [-0.4, -0.2) is 35.7 Å². The van der Waals surface area contributed by atoms with Gasteiger partial charge in [0.2, 0.25) is 0 Å². The van der Waals surface area contributed by atoms with Gasteiger partial charge in [-0.25, -0.2) is 0 Å². The van der Waals surface area contributed by atoms with Gasteiger partial charge in [-0.05, 0) is 48.6 Å². The predicted octanol–water partition coefficient (Wildman–Crippen LogP) is 2.03. The second-order valence-corrected chi connectivity index (χ2v) is 8.03. The van der Waals surface area contributed by atoms with Crippen LogP contribution in [0, 0.1) is 17.8 Å². The van der Waals surface area contributed by atoms with Gasteiger partial charge in [0.25, 0.3) is 11.8 Å². The fraction of sp³-hybridized carbons (Fsp3) is 0.619. The first-order valence-electron chi connectivity index (χ1n) is 9.73. The van der Waals surface area contributed by atoms with Crippen LogP contribution in [0.25, 0.3) is 0 Å². The lowest BCUT2D eigenvalue weighted by molar-refractivity contribution is -0.155. The van der Waals surface area contributed by atoms with Crippen molar-refractivity contribution in [3.8, 4) is 5.75 Å². The van der Waals surface area contributed by atoms with Crippen molar-refractivity contribution in [2.45, 2.75) is 52.1 Å². The molecule has 2 unspecified atom stereocenters. The zero-order valence-electron chi connectivity index (χ0n) is 16.5. The number of primary amides is 1. The van der Waals surface area contributed by atoms with Crippen LogP contribution in [-0.2, 0) is 16.0 Å². The molecule has 0 aromatic heterocycles. The number of benzene rings is 1. The molecule has 1 aromatic rings. The Balaban J connectivity index is 1.98. The van der Waals surface area contributed by atoms with E-state index >= 15 is 0 Å². The van der Waals surface area contributed by atoms with Crippen LogP contribution >= 0.6 is 0 Å². The van der Waals surface area contributed by atoms with Crippen LogP contribution in [0.4, 0.5) is 0 Å². The maximum Gasteiger partial charge on any atom is 0.255 e. The largest absolute Gasteiger partial charge is 0.484 e. The molecule has 2 rings (SSSR count). The number of hydrogen-bond donors (Lipinski definition) is 3. The van der Waals surface area contributed by atoms with E-state index in [9.17, 15) is 14.7 Å². The molecule has 1 aliphatic rings. The smallest absolute Gasteiger partial charge is 0.255 e.